The molecule has 0 atom stereocenters. The molecule has 2 aromatic heterocycles. The molecule has 0 bridgehead atoms. The zero-order chi connectivity index (χ0) is 20.1. The fourth-order valence-corrected chi connectivity index (χ4v) is 3.02. The van der Waals surface area contributed by atoms with Gasteiger partial charge >= 0.3 is 0 Å². The summed E-state index contributed by atoms with van der Waals surface area (Å²) in [4.78, 5) is 12.4. The van der Waals surface area contributed by atoms with Crippen LogP contribution in [-0.2, 0) is 26.6 Å². The van der Waals surface area contributed by atoms with Crippen molar-refractivity contribution in [1.82, 2.24) is 15.1 Å². The lowest BCUT2D eigenvalue weighted by molar-refractivity contribution is 0.0919. The highest BCUT2D eigenvalue weighted by atomic mass is 16.5. The van der Waals surface area contributed by atoms with E-state index in [2.05, 4.69) is 17.0 Å². The maximum Gasteiger partial charge on any atom is 0.287 e. The standard InChI is InChI=1S/C22H25N3O3/c1-5-8-17-9-6-7-10-20(17)27-14-18-11-12-21(28-18)22(26)23-13-19-15(2)24-25(4)16(19)3/h5-7,9-12H,1,8,13-14H2,2-4H3,(H,23,26). The topological polar surface area (TPSA) is 69.3 Å². The molecule has 1 amide bonds. The number of nitrogens with one attached hydrogen (secondary N) is 1. The van der Waals surface area contributed by atoms with Gasteiger partial charge in [-0.25, -0.2) is 0 Å². The highest BCUT2D eigenvalue weighted by Crippen LogP contribution is 2.21. The molecule has 3 rings (SSSR count). The number of hydrogen-bond acceptors (Lipinski definition) is 4. The van der Waals surface area contributed by atoms with Gasteiger partial charge in [0.2, 0.25) is 0 Å². The Balaban J connectivity index is 1.59. The van der Waals surface area contributed by atoms with E-state index in [4.69, 9.17) is 9.15 Å². The summed E-state index contributed by atoms with van der Waals surface area (Å²) in [5.74, 6) is 1.37. The third-order valence-corrected chi connectivity index (χ3v) is 4.68. The van der Waals surface area contributed by atoms with Crippen molar-refractivity contribution in [2.24, 2.45) is 7.05 Å². The number of amides is 1. The number of aryl methyl sites for hydroxylation is 2. The van der Waals surface area contributed by atoms with E-state index in [0.717, 1.165) is 34.7 Å². The molecular formula is C22H25N3O3. The number of rotatable bonds is 8. The predicted molar refractivity (Wildman–Crippen MR) is 107 cm³/mol. The van der Waals surface area contributed by atoms with Crippen LogP contribution in [0.15, 0.2) is 53.5 Å². The number of ether oxygens (including phenoxy) is 1. The number of nitrogens with zero attached hydrogens (tertiary/aromatic N) is 2. The number of allylic oxidation sites excluding steroid dienone is 1. The Hall–Kier alpha value is -3.28. The molecule has 0 unspecified atom stereocenters. The van der Waals surface area contributed by atoms with E-state index in [-0.39, 0.29) is 18.3 Å². The van der Waals surface area contributed by atoms with E-state index >= 15 is 0 Å². The fourth-order valence-electron chi connectivity index (χ4n) is 3.02. The molecule has 6 nitrogen and oxygen atoms in total. The lowest BCUT2D eigenvalue weighted by Crippen LogP contribution is -2.23. The number of furan rings is 1. The van der Waals surface area contributed by atoms with Crippen molar-refractivity contribution < 1.29 is 13.9 Å². The monoisotopic (exact) mass is 379 g/mol. The van der Waals surface area contributed by atoms with Crippen LogP contribution < -0.4 is 10.1 Å². The van der Waals surface area contributed by atoms with Crippen LogP contribution in [0.5, 0.6) is 5.75 Å². The molecule has 0 aliphatic rings. The minimum absolute atomic E-state index is 0.252. The smallest absolute Gasteiger partial charge is 0.287 e. The van der Waals surface area contributed by atoms with Crippen molar-refractivity contribution in [2.75, 3.05) is 0 Å². The maximum absolute atomic E-state index is 12.4. The van der Waals surface area contributed by atoms with E-state index in [9.17, 15) is 4.79 Å². The minimum Gasteiger partial charge on any atom is -0.485 e. The molecule has 0 saturated heterocycles. The average molecular weight is 379 g/mol. The molecule has 1 N–H and O–H groups in total. The molecular weight excluding hydrogens is 354 g/mol. The van der Waals surface area contributed by atoms with Gasteiger partial charge in [0, 0.05) is 24.8 Å². The van der Waals surface area contributed by atoms with Crippen molar-refractivity contribution in [2.45, 2.75) is 33.4 Å². The van der Waals surface area contributed by atoms with Gasteiger partial charge in [-0.2, -0.15) is 5.10 Å². The van der Waals surface area contributed by atoms with E-state index < -0.39 is 0 Å². The van der Waals surface area contributed by atoms with Crippen molar-refractivity contribution in [1.29, 1.82) is 0 Å². The summed E-state index contributed by atoms with van der Waals surface area (Å²) < 4.78 is 13.3. The minimum atomic E-state index is -0.263. The van der Waals surface area contributed by atoms with E-state index in [0.29, 0.717) is 12.3 Å². The van der Waals surface area contributed by atoms with Crippen LogP contribution in [0.1, 0.15) is 38.8 Å². The second kappa shape index (κ2) is 8.61. The summed E-state index contributed by atoms with van der Waals surface area (Å²) in [7, 11) is 1.89. The number of carbonyl (C=O) groups is 1. The average Bonchev–Trinajstić information content (AvgIpc) is 3.25. The van der Waals surface area contributed by atoms with Gasteiger partial charge in [-0.15, -0.1) is 6.58 Å². The van der Waals surface area contributed by atoms with E-state index in [1.54, 1.807) is 12.1 Å². The first-order chi connectivity index (χ1) is 13.5. The first-order valence-electron chi connectivity index (χ1n) is 9.17. The highest BCUT2D eigenvalue weighted by Gasteiger charge is 2.15. The van der Waals surface area contributed by atoms with E-state index in [1.165, 1.54) is 0 Å². The number of carbonyl (C=O) groups excluding carboxylic acids is 1. The third kappa shape index (κ3) is 4.34. The second-order valence-electron chi connectivity index (χ2n) is 6.61. The van der Waals surface area contributed by atoms with Gasteiger partial charge in [0.15, 0.2) is 5.76 Å². The second-order valence-corrected chi connectivity index (χ2v) is 6.61. The Morgan fingerprint density at radius 2 is 2.07 bits per heavy atom. The van der Waals surface area contributed by atoms with Gasteiger partial charge in [0.05, 0.1) is 5.69 Å². The quantitative estimate of drug-likeness (QED) is 0.603. The van der Waals surface area contributed by atoms with Crippen LogP contribution >= 0.6 is 0 Å². The summed E-state index contributed by atoms with van der Waals surface area (Å²) in [6.45, 7) is 8.34. The lowest BCUT2D eigenvalue weighted by atomic mass is 10.1. The fraction of sp³-hybridized carbons (Fsp3) is 0.273. The van der Waals surface area contributed by atoms with Gasteiger partial charge in [0.1, 0.15) is 18.1 Å². The highest BCUT2D eigenvalue weighted by molar-refractivity contribution is 5.91. The number of benzene rings is 1. The molecule has 0 fully saturated rings. The summed E-state index contributed by atoms with van der Waals surface area (Å²) in [5, 5.41) is 7.24. The summed E-state index contributed by atoms with van der Waals surface area (Å²) >= 11 is 0. The Morgan fingerprint density at radius 1 is 1.29 bits per heavy atom. The van der Waals surface area contributed by atoms with Crippen LogP contribution in [0.3, 0.4) is 0 Å². The first-order valence-corrected chi connectivity index (χ1v) is 9.17. The van der Waals surface area contributed by atoms with Gasteiger partial charge in [0.25, 0.3) is 5.91 Å². The molecule has 28 heavy (non-hydrogen) atoms. The third-order valence-electron chi connectivity index (χ3n) is 4.68. The van der Waals surface area contributed by atoms with Crippen molar-refractivity contribution in [3.05, 3.63) is 83.1 Å². The maximum atomic E-state index is 12.4. The van der Waals surface area contributed by atoms with Crippen molar-refractivity contribution in [3.8, 4) is 5.75 Å². The van der Waals surface area contributed by atoms with Crippen LogP contribution in [0.25, 0.3) is 0 Å². The summed E-state index contributed by atoms with van der Waals surface area (Å²) in [5.41, 5.74) is 4.02. The van der Waals surface area contributed by atoms with Gasteiger partial charge in [-0.3, -0.25) is 9.48 Å². The van der Waals surface area contributed by atoms with Gasteiger partial charge < -0.3 is 14.5 Å². The number of hydrogen-bond donors (Lipinski definition) is 1. The van der Waals surface area contributed by atoms with Crippen molar-refractivity contribution in [3.63, 3.8) is 0 Å². The largest absolute Gasteiger partial charge is 0.485 e. The Labute approximate surface area is 164 Å². The molecule has 0 spiro atoms. The molecule has 6 heteroatoms. The van der Waals surface area contributed by atoms with Gasteiger partial charge in [-0.1, -0.05) is 24.3 Å². The molecule has 0 saturated carbocycles. The molecule has 3 aromatic rings. The SMILES string of the molecule is C=CCc1ccccc1OCc1ccc(C(=O)NCc2c(C)nn(C)c2C)o1. The van der Waals surface area contributed by atoms with Crippen LogP contribution in [0, 0.1) is 13.8 Å². The van der Waals surface area contributed by atoms with E-state index in [1.807, 2.05) is 55.9 Å². The molecule has 0 aliphatic heterocycles. The summed E-state index contributed by atoms with van der Waals surface area (Å²) in [6, 6.07) is 11.2. The van der Waals surface area contributed by atoms with Gasteiger partial charge in [-0.05, 0) is 44.0 Å². The predicted octanol–water partition coefficient (Wildman–Crippen LogP) is 3.87. The van der Waals surface area contributed by atoms with Crippen molar-refractivity contribution >= 4 is 5.91 Å². The first kappa shape index (κ1) is 19.5. The molecule has 0 aliphatic carbocycles. The zero-order valence-electron chi connectivity index (χ0n) is 16.5. The molecule has 1 aromatic carbocycles. The molecule has 2 heterocycles. The molecule has 146 valence electrons. The Morgan fingerprint density at radius 3 is 2.79 bits per heavy atom. The normalized spacial score (nSPS) is 10.7. The van der Waals surface area contributed by atoms with Crippen LogP contribution in [0.2, 0.25) is 0 Å². The van der Waals surface area contributed by atoms with Crippen LogP contribution in [-0.4, -0.2) is 15.7 Å². The lowest BCUT2D eigenvalue weighted by Gasteiger charge is -2.09. The summed E-state index contributed by atoms with van der Waals surface area (Å²) in [6.07, 6.45) is 2.57. The number of para-hydroxylation sites is 1. The number of aromatic nitrogens is 2. The zero-order valence-corrected chi connectivity index (χ0v) is 16.5. The molecule has 0 radical (unpaired) electrons. The van der Waals surface area contributed by atoms with Crippen LogP contribution in [0.4, 0.5) is 0 Å². The Bertz CT molecular complexity index is 985. The Kier molecular flexibility index (Phi) is 5.99.